The molecule has 1 saturated carbocycles. The molecule has 82 valence electrons. The number of nitrogens with one attached hydrogen (secondary N) is 1. The molecule has 0 spiro atoms. The van der Waals surface area contributed by atoms with Gasteiger partial charge in [0, 0.05) is 18.4 Å². The number of rotatable bonds is 2. The van der Waals surface area contributed by atoms with E-state index in [0.717, 1.165) is 18.4 Å². The van der Waals surface area contributed by atoms with E-state index in [4.69, 9.17) is 5.73 Å². The first-order valence-electron chi connectivity index (χ1n) is 5.42. The lowest BCUT2D eigenvalue weighted by molar-refractivity contribution is 0.464. The van der Waals surface area contributed by atoms with Crippen molar-refractivity contribution in [3.63, 3.8) is 0 Å². The van der Waals surface area contributed by atoms with Crippen LogP contribution in [0.1, 0.15) is 31.7 Å². The molecule has 1 aromatic heterocycles. The summed E-state index contributed by atoms with van der Waals surface area (Å²) in [4.78, 5) is 8.49. The number of hydrogen-bond acceptors (Lipinski definition) is 4. The molecular weight excluding hydrogens is 188 g/mol. The first kappa shape index (κ1) is 10.4. The molecule has 2 unspecified atom stereocenters. The standard InChI is InChI=1S/C11H18N4/c1-8-6-13-10(14-7-8)15-11(2)5-3-4-9(11)12/h6-7,9H,3-5,12H2,1-2H3,(H,13,14,15). The SMILES string of the molecule is Cc1cnc(NC2(C)CCCC2N)nc1. The van der Waals surface area contributed by atoms with Crippen LogP contribution >= 0.6 is 0 Å². The zero-order valence-electron chi connectivity index (χ0n) is 9.33. The maximum atomic E-state index is 6.07. The maximum Gasteiger partial charge on any atom is 0.223 e. The van der Waals surface area contributed by atoms with E-state index in [1.165, 1.54) is 6.42 Å². The van der Waals surface area contributed by atoms with E-state index in [-0.39, 0.29) is 11.6 Å². The molecule has 4 heteroatoms. The average molecular weight is 206 g/mol. The molecular formula is C11H18N4. The number of nitrogens with zero attached hydrogens (tertiary/aromatic N) is 2. The first-order valence-corrected chi connectivity index (χ1v) is 5.42. The topological polar surface area (TPSA) is 63.8 Å². The van der Waals surface area contributed by atoms with Crippen molar-refractivity contribution in [3.05, 3.63) is 18.0 Å². The summed E-state index contributed by atoms with van der Waals surface area (Å²) < 4.78 is 0. The number of anilines is 1. The summed E-state index contributed by atoms with van der Waals surface area (Å²) >= 11 is 0. The van der Waals surface area contributed by atoms with Gasteiger partial charge in [-0.1, -0.05) is 0 Å². The van der Waals surface area contributed by atoms with Gasteiger partial charge >= 0.3 is 0 Å². The van der Waals surface area contributed by atoms with E-state index >= 15 is 0 Å². The van der Waals surface area contributed by atoms with Crippen LogP contribution in [0.5, 0.6) is 0 Å². The molecule has 2 atom stereocenters. The minimum absolute atomic E-state index is 0.0464. The summed E-state index contributed by atoms with van der Waals surface area (Å²) in [5.74, 6) is 0.681. The minimum atomic E-state index is -0.0464. The Bertz CT molecular complexity index is 335. The number of aromatic nitrogens is 2. The van der Waals surface area contributed by atoms with Crippen molar-refractivity contribution >= 4 is 5.95 Å². The van der Waals surface area contributed by atoms with Crippen LogP contribution in [0.4, 0.5) is 5.95 Å². The molecule has 1 aliphatic carbocycles. The van der Waals surface area contributed by atoms with Crippen LogP contribution < -0.4 is 11.1 Å². The van der Waals surface area contributed by atoms with Crippen LogP contribution in [-0.2, 0) is 0 Å². The summed E-state index contributed by atoms with van der Waals surface area (Å²) in [5, 5.41) is 3.35. The Kier molecular flexibility index (Phi) is 2.61. The quantitative estimate of drug-likeness (QED) is 0.769. The number of hydrogen-bond donors (Lipinski definition) is 2. The van der Waals surface area contributed by atoms with E-state index in [0.29, 0.717) is 5.95 Å². The Morgan fingerprint density at radius 1 is 1.47 bits per heavy atom. The van der Waals surface area contributed by atoms with Gasteiger partial charge in [0.25, 0.3) is 0 Å². The Labute approximate surface area is 90.3 Å². The monoisotopic (exact) mass is 206 g/mol. The molecule has 15 heavy (non-hydrogen) atoms. The number of nitrogens with two attached hydrogens (primary N) is 1. The third-order valence-electron chi connectivity index (χ3n) is 3.21. The molecule has 4 nitrogen and oxygen atoms in total. The Hall–Kier alpha value is -1.16. The first-order chi connectivity index (χ1) is 7.10. The fourth-order valence-corrected chi connectivity index (χ4v) is 2.06. The Balaban J connectivity index is 2.11. The van der Waals surface area contributed by atoms with Crippen molar-refractivity contribution in [2.45, 2.75) is 44.7 Å². The van der Waals surface area contributed by atoms with Crippen molar-refractivity contribution < 1.29 is 0 Å². The summed E-state index contributed by atoms with van der Waals surface area (Å²) in [6.07, 6.45) is 6.98. The van der Waals surface area contributed by atoms with Gasteiger partial charge in [-0.15, -0.1) is 0 Å². The van der Waals surface area contributed by atoms with Crippen LogP contribution in [0.15, 0.2) is 12.4 Å². The lowest BCUT2D eigenvalue weighted by atomic mass is 9.97. The summed E-state index contributed by atoms with van der Waals surface area (Å²) in [6, 6.07) is 0.197. The highest BCUT2D eigenvalue weighted by Crippen LogP contribution is 2.30. The van der Waals surface area contributed by atoms with E-state index in [2.05, 4.69) is 22.2 Å². The molecule has 0 saturated heterocycles. The van der Waals surface area contributed by atoms with Gasteiger partial charge in [-0.25, -0.2) is 9.97 Å². The smallest absolute Gasteiger partial charge is 0.223 e. The highest BCUT2D eigenvalue weighted by atomic mass is 15.2. The van der Waals surface area contributed by atoms with Crippen LogP contribution in [0.2, 0.25) is 0 Å². The largest absolute Gasteiger partial charge is 0.348 e. The zero-order chi connectivity index (χ0) is 10.9. The highest BCUT2D eigenvalue weighted by Gasteiger charge is 2.36. The lowest BCUT2D eigenvalue weighted by Crippen LogP contribution is -2.47. The molecule has 1 heterocycles. The summed E-state index contributed by atoms with van der Waals surface area (Å²) in [6.45, 7) is 4.13. The van der Waals surface area contributed by atoms with Gasteiger partial charge < -0.3 is 11.1 Å². The van der Waals surface area contributed by atoms with Gasteiger partial charge in [-0.3, -0.25) is 0 Å². The van der Waals surface area contributed by atoms with Gasteiger partial charge in [0.2, 0.25) is 5.95 Å². The molecule has 1 fully saturated rings. The van der Waals surface area contributed by atoms with Crippen LogP contribution in [0.3, 0.4) is 0 Å². The van der Waals surface area contributed by atoms with Crippen LogP contribution in [0, 0.1) is 6.92 Å². The van der Waals surface area contributed by atoms with Gasteiger partial charge in [0.1, 0.15) is 0 Å². The van der Waals surface area contributed by atoms with Gasteiger partial charge in [0.15, 0.2) is 0 Å². The van der Waals surface area contributed by atoms with E-state index in [9.17, 15) is 0 Å². The predicted molar refractivity (Wildman–Crippen MR) is 60.6 cm³/mol. The molecule has 2 rings (SSSR count). The fourth-order valence-electron chi connectivity index (χ4n) is 2.06. The Morgan fingerprint density at radius 2 is 2.13 bits per heavy atom. The van der Waals surface area contributed by atoms with Crippen molar-refractivity contribution in [2.75, 3.05) is 5.32 Å². The molecule has 0 radical (unpaired) electrons. The lowest BCUT2D eigenvalue weighted by Gasteiger charge is -2.30. The predicted octanol–water partition coefficient (Wildman–Crippen LogP) is 1.47. The molecule has 3 N–H and O–H groups in total. The molecule has 0 amide bonds. The van der Waals surface area contributed by atoms with Crippen molar-refractivity contribution in [1.82, 2.24) is 9.97 Å². The highest BCUT2D eigenvalue weighted by molar-refractivity contribution is 5.31. The molecule has 1 aromatic rings. The third-order valence-corrected chi connectivity index (χ3v) is 3.21. The van der Waals surface area contributed by atoms with Gasteiger partial charge in [0.05, 0.1) is 5.54 Å². The second kappa shape index (κ2) is 3.77. The zero-order valence-corrected chi connectivity index (χ0v) is 9.33. The van der Waals surface area contributed by atoms with E-state index in [1.54, 1.807) is 0 Å². The molecule has 0 aliphatic heterocycles. The van der Waals surface area contributed by atoms with Crippen molar-refractivity contribution in [2.24, 2.45) is 5.73 Å². The second-order valence-corrected chi connectivity index (χ2v) is 4.63. The second-order valence-electron chi connectivity index (χ2n) is 4.63. The van der Waals surface area contributed by atoms with E-state index in [1.807, 2.05) is 19.3 Å². The fraction of sp³-hybridized carbons (Fsp3) is 0.636. The summed E-state index contributed by atoms with van der Waals surface area (Å²) in [5.41, 5.74) is 7.10. The minimum Gasteiger partial charge on any atom is -0.348 e. The maximum absolute atomic E-state index is 6.07. The third kappa shape index (κ3) is 2.09. The molecule has 0 bridgehead atoms. The number of aryl methyl sites for hydroxylation is 1. The van der Waals surface area contributed by atoms with Gasteiger partial charge in [-0.2, -0.15) is 0 Å². The van der Waals surface area contributed by atoms with Crippen LogP contribution in [-0.4, -0.2) is 21.5 Å². The molecule has 1 aliphatic rings. The Morgan fingerprint density at radius 3 is 2.67 bits per heavy atom. The average Bonchev–Trinajstić information content (AvgIpc) is 2.51. The normalized spacial score (nSPS) is 30.5. The van der Waals surface area contributed by atoms with Crippen molar-refractivity contribution in [3.8, 4) is 0 Å². The van der Waals surface area contributed by atoms with E-state index < -0.39 is 0 Å². The molecule has 0 aromatic carbocycles. The summed E-state index contributed by atoms with van der Waals surface area (Å²) in [7, 11) is 0. The van der Waals surface area contributed by atoms with Gasteiger partial charge in [-0.05, 0) is 38.7 Å². The van der Waals surface area contributed by atoms with Crippen LogP contribution in [0.25, 0.3) is 0 Å². The van der Waals surface area contributed by atoms with Crippen molar-refractivity contribution in [1.29, 1.82) is 0 Å².